The SMILES string of the molecule is CCO.Cc1cc(-c2ccccc2C(C)C)ncc1P. The van der Waals surface area contributed by atoms with E-state index in [1.807, 2.05) is 6.20 Å². The second kappa shape index (κ2) is 8.14. The van der Waals surface area contributed by atoms with Gasteiger partial charge in [0, 0.05) is 18.4 Å². The van der Waals surface area contributed by atoms with Crippen LogP contribution in [-0.4, -0.2) is 16.7 Å². The van der Waals surface area contributed by atoms with E-state index >= 15 is 0 Å². The number of nitrogens with zero attached hydrogens (tertiary/aromatic N) is 1. The molecule has 3 heteroatoms. The third-order valence-corrected chi connectivity index (χ3v) is 3.61. The molecule has 2 aromatic rings. The molecule has 0 saturated heterocycles. The topological polar surface area (TPSA) is 33.1 Å². The molecule has 0 fully saturated rings. The molecule has 20 heavy (non-hydrogen) atoms. The number of aryl methyl sites for hydroxylation is 1. The van der Waals surface area contributed by atoms with Gasteiger partial charge in [-0.3, -0.25) is 4.98 Å². The quantitative estimate of drug-likeness (QED) is 0.856. The van der Waals surface area contributed by atoms with Gasteiger partial charge in [0.25, 0.3) is 0 Å². The number of aliphatic hydroxyl groups is 1. The predicted octanol–water partition coefficient (Wildman–Crippen LogP) is 3.68. The molecular weight excluding hydrogens is 265 g/mol. The van der Waals surface area contributed by atoms with E-state index < -0.39 is 0 Å². The highest BCUT2D eigenvalue weighted by Gasteiger charge is 2.09. The van der Waals surface area contributed by atoms with Gasteiger partial charge in [-0.05, 0) is 42.3 Å². The molecule has 2 nitrogen and oxygen atoms in total. The Balaban J connectivity index is 0.000000612. The van der Waals surface area contributed by atoms with Gasteiger partial charge in [-0.2, -0.15) is 0 Å². The van der Waals surface area contributed by atoms with E-state index in [1.54, 1.807) is 6.92 Å². The van der Waals surface area contributed by atoms with Crippen LogP contribution in [0.25, 0.3) is 11.3 Å². The molecule has 1 unspecified atom stereocenters. The first-order valence-electron chi connectivity index (χ1n) is 6.93. The minimum absolute atomic E-state index is 0.250. The average molecular weight is 289 g/mol. The van der Waals surface area contributed by atoms with Gasteiger partial charge in [0.2, 0.25) is 0 Å². The Kier molecular flexibility index (Phi) is 6.84. The van der Waals surface area contributed by atoms with E-state index in [0.29, 0.717) is 5.92 Å². The van der Waals surface area contributed by atoms with Gasteiger partial charge < -0.3 is 5.11 Å². The molecule has 1 heterocycles. The Morgan fingerprint density at radius 2 is 1.85 bits per heavy atom. The normalized spacial score (nSPS) is 10.2. The summed E-state index contributed by atoms with van der Waals surface area (Å²) in [7, 11) is 2.72. The van der Waals surface area contributed by atoms with Crippen LogP contribution in [0, 0.1) is 6.92 Å². The van der Waals surface area contributed by atoms with Crippen LogP contribution < -0.4 is 5.30 Å². The first-order chi connectivity index (χ1) is 9.51. The van der Waals surface area contributed by atoms with Crippen molar-refractivity contribution in [3.8, 4) is 11.3 Å². The lowest BCUT2D eigenvalue weighted by Crippen LogP contribution is -2.01. The summed E-state index contributed by atoms with van der Waals surface area (Å²) in [5.41, 5.74) is 4.93. The lowest BCUT2D eigenvalue weighted by molar-refractivity contribution is 0.318. The smallest absolute Gasteiger partial charge is 0.0707 e. The largest absolute Gasteiger partial charge is 0.397 e. The highest BCUT2D eigenvalue weighted by atomic mass is 31.0. The molecule has 0 aliphatic heterocycles. The molecule has 0 saturated carbocycles. The minimum atomic E-state index is 0.250. The summed E-state index contributed by atoms with van der Waals surface area (Å²) in [6, 6.07) is 10.7. The number of benzene rings is 1. The van der Waals surface area contributed by atoms with Crippen molar-refractivity contribution in [2.24, 2.45) is 0 Å². The van der Waals surface area contributed by atoms with Crippen molar-refractivity contribution in [2.75, 3.05) is 6.61 Å². The van der Waals surface area contributed by atoms with Crippen LogP contribution in [0.3, 0.4) is 0 Å². The van der Waals surface area contributed by atoms with E-state index in [2.05, 4.69) is 65.3 Å². The Morgan fingerprint density at radius 3 is 2.40 bits per heavy atom. The number of pyridine rings is 1. The first-order valence-corrected chi connectivity index (χ1v) is 7.51. The molecule has 2 rings (SSSR count). The maximum absolute atomic E-state index is 7.57. The number of hydrogen-bond acceptors (Lipinski definition) is 2. The molecule has 0 radical (unpaired) electrons. The summed E-state index contributed by atoms with van der Waals surface area (Å²) in [5.74, 6) is 0.518. The van der Waals surface area contributed by atoms with Crippen molar-refractivity contribution >= 4 is 14.5 Å². The van der Waals surface area contributed by atoms with Gasteiger partial charge in [-0.1, -0.05) is 38.1 Å². The van der Waals surface area contributed by atoms with Crippen molar-refractivity contribution in [3.63, 3.8) is 0 Å². The van der Waals surface area contributed by atoms with Crippen molar-refractivity contribution in [1.29, 1.82) is 0 Å². The zero-order chi connectivity index (χ0) is 15.1. The van der Waals surface area contributed by atoms with Crippen LogP contribution in [0.15, 0.2) is 36.5 Å². The summed E-state index contributed by atoms with van der Waals surface area (Å²) < 4.78 is 0. The van der Waals surface area contributed by atoms with Crippen LogP contribution >= 0.6 is 9.24 Å². The van der Waals surface area contributed by atoms with Crippen LogP contribution in [0.1, 0.15) is 37.8 Å². The number of aromatic nitrogens is 1. The fraction of sp³-hybridized carbons (Fsp3) is 0.353. The monoisotopic (exact) mass is 289 g/mol. The third-order valence-electron chi connectivity index (χ3n) is 3.01. The Morgan fingerprint density at radius 1 is 1.25 bits per heavy atom. The Labute approximate surface area is 124 Å². The molecule has 1 aromatic heterocycles. The van der Waals surface area contributed by atoms with E-state index in [-0.39, 0.29) is 6.61 Å². The highest BCUT2D eigenvalue weighted by Crippen LogP contribution is 2.27. The molecule has 0 spiro atoms. The number of rotatable bonds is 2. The molecule has 1 aromatic carbocycles. The second-order valence-corrected chi connectivity index (χ2v) is 5.61. The molecule has 108 valence electrons. The fourth-order valence-corrected chi connectivity index (χ4v) is 2.11. The number of aliphatic hydroxyl groups excluding tert-OH is 1. The maximum atomic E-state index is 7.57. The standard InChI is InChI=1S/C15H18NP.C2H6O/c1-10(2)12-6-4-5-7-13(12)14-8-11(3)15(17)9-16-14;1-2-3/h4-10H,17H2,1-3H3;3H,2H2,1H3. The van der Waals surface area contributed by atoms with Gasteiger partial charge in [0.15, 0.2) is 0 Å². The van der Waals surface area contributed by atoms with Crippen molar-refractivity contribution in [3.05, 3.63) is 47.7 Å². The lowest BCUT2D eigenvalue weighted by atomic mass is 9.95. The lowest BCUT2D eigenvalue weighted by Gasteiger charge is -2.12. The zero-order valence-electron chi connectivity index (χ0n) is 12.7. The third kappa shape index (κ3) is 4.40. The van der Waals surface area contributed by atoms with Gasteiger partial charge in [0.1, 0.15) is 0 Å². The summed E-state index contributed by atoms with van der Waals surface area (Å²) in [5, 5.41) is 8.73. The summed E-state index contributed by atoms with van der Waals surface area (Å²) >= 11 is 0. The second-order valence-electron chi connectivity index (χ2n) is 4.98. The maximum Gasteiger partial charge on any atom is 0.0707 e. The minimum Gasteiger partial charge on any atom is -0.397 e. The van der Waals surface area contributed by atoms with Gasteiger partial charge in [-0.15, -0.1) is 9.24 Å². The van der Waals surface area contributed by atoms with Gasteiger partial charge in [-0.25, -0.2) is 0 Å². The zero-order valence-corrected chi connectivity index (χ0v) is 13.9. The Hall–Kier alpha value is -1.24. The van der Waals surface area contributed by atoms with Crippen molar-refractivity contribution < 1.29 is 5.11 Å². The van der Waals surface area contributed by atoms with Crippen LogP contribution in [-0.2, 0) is 0 Å². The van der Waals surface area contributed by atoms with Gasteiger partial charge in [0.05, 0.1) is 5.69 Å². The predicted molar refractivity (Wildman–Crippen MR) is 90.6 cm³/mol. The van der Waals surface area contributed by atoms with E-state index in [4.69, 9.17) is 5.11 Å². The van der Waals surface area contributed by atoms with Crippen LogP contribution in [0.2, 0.25) is 0 Å². The average Bonchev–Trinajstić information content (AvgIpc) is 2.43. The van der Waals surface area contributed by atoms with Gasteiger partial charge >= 0.3 is 0 Å². The first kappa shape index (κ1) is 16.8. The molecule has 1 N–H and O–H groups in total. The fourth-order valence-electron chi connectivity index (χ4n) is 1.95. The van der Waals surface area contributed by atoms with Crippen LogP contribution in [0.5, 0.6) is 0 Å². The Bertz CT molecular complexity index is 552. The van der Waals surface area contributed by atoms with Crippen molar-refractivity contribution in [2.45, 2.75) is 33.6 Å². The highest BCUT2D eigenvalue weighted by molar-refractivity contribution is 7.27. The van der Waals surface area contributed by atoms with E-state index in [9.17, 15) is 0 Å². The summed E-state index contributed by atoms with van der Waals surface area (Å²) in [4.78, 5) is 4.53. The van der Waals surface area contributed by atoms with E-state index in [1.165, 1.54) is 16.7 Å². The molecule has 0 amide bonds. The molecule has 0 aliphatic rings. The molecular formula is C17H24NOP. The molecule has 0 aliphatic carbocycles. The van der Waals surface area contributed by atoms with Crippen LogP contribution in [0.4, 0.5) is 0 Å². The van der Waals surface area contributed by atoms with Crippen molar-refractivity contribution in [1.82, 2.24) is 4.98 Å². The summed E-state index contributed by atoms with van der Waals surface area (Å²) in [6.45, 7) is 8.48. The van der Waals surface area contributed by atoms with E-state index in [0.717, 1.165) is 11.0 Å². The molecule has 0 bridgehead atoms. The summed E-state index contributed by atoms with van der Waals surface area (Å²) in [6.07, 6.45) is 1.92. The number of hydrogen-bond donors (Lipinski definition) is 1. The molecule has 1 atom stereocenters.